The van der Waals surface area contributed by atoms with Crippen molar-refractivity contribution in [3.8, 4) is 5.75 Å². The van der Waals surface area contributed by atoms with Crippen molar-refractivity contribution in [1.82, 2.24) is 20.0 Å². The third-order valence-electron chi connectivity index (χ3n) is 13.5. The van der Waals surface area contributed by atoms with E-state index in [-0.39, 0.29) is 37.8 Å². The zero-order valence-electron chi connectivity index (χ0n) is 50.0. The molecule has 23 heteroatoms. The number of carbonyl (C=O) groups excluding carboxylic acids is 2. The molecular formula is C62H90F4N6O13. The van der Waals surface area contributed by atoms with E-state index in [1.54, 1.807) is 0 Å². The molecule has 85 heavy (non-hydrogen) atoms. The van der Waals surface area contributed by atoms with Gasteiger partial charge in [-0.3, -0.25) is 19.4 Å². The van der Waals surface area contributed by atoms with Crippen LogP contribution in [0.25, 0.3) is 6.08 Å². The highest BCUT2D eigenvalue weighted by molar-refractivity contribution is 5.97. The van der Waals surface area contributed by atoms with Gasteiger partial charge in [-0.15, -0.1) is 0 Å². The zero-order valence-corrected chi connectivity index (χ0v) is 50.0. The number of nitrogens with two attached hydrogens (primary N) is 1. The average Bonchev–Trinajstić information content (AvgIpc) is 3.31. The number of likely N-dealkylation sites (tertiary alicyclic amines) is 1. The van der Waals surface area contributed by atoms with Crippen molar-refractivity contribution in [2.45, 2.75) is 71.5 Å². The minimum Gasteiger partial charge on any atom is -0.420 e. The highest BCUT2D eigenvalue weighted by Gasteiger charge is 2.25. The van der Waals surface area contributed by atoms with Gasteiger partial charge < -0.3 is 68.1 Å². The molecule has 3 N–H and O–H groups in total. The van der Waals surface area contributed by atoms with E-state index in [1.807, 2.05) is 18.2 Å². The van der Waals surface area contributed by atoms with E-state index in [4.69, 9.17) is 58.1 Å². The number of halogens is 4. The molecule has 19 nitrogen and oxygen atoms in total. The Bertz CT molecular complexity index is 2460. The molecule has 2 heterocycles. The summed E-state index contributed by atoms with van der Waals surface area (Å²) >= 11 is 0. The summed E-state index contributed by atoms with van der Waals surface area (Å²) in [4.78, 5) is 36.9. The van der Waals surface area contributed by atoms with Gasteiger partial charge in [-0.05, 0) is 67.6 Å². The summed E-state index contributed by atoms with van der Waals surface area (Å²) in [5.41, 5.74) is 13.2. The van der Waals surface area contributed by atoms with Gasteiger partial charge in [0.2, 0.25) is 17.4 Å². The summed E-state index contributed by atoms with van der Waals surface area (Å²) in [6.07, 6.45) is 6.11. The van der Waals surface area contributed by atoms with Crippen LogP contribution in [0.15, 0.2) is 71.4 Å². The number of esters is 1. The van der Waals surface area contributed by atoms with Gasteiger partial charge in [0.05, 0.1) is 144 Å². The molecule has 1 fully saturated rings. The second-order valence-electron chi connectivity index (χ2n) is 20.4. The molecule has 0 saturated carbocycles. The fourth-order valence-electron chi connectivity index (χ4n) is 9.01. The van der Waals surface area contributed by atoms with Crippen LogP contribution in [0, 0.1) is 23.3 Å². The number of fused-ring (bicyclic) bond motifs is 1. The molecule has 0 aliphatic carbocycles. The topological polar surface area (TPSA) is 196 Å². The molecular weight excluding hydrogens is 1110 g/mol. The number of likely N-dealkylation sites (N-methyl/N-ethyl adjacent to an activating group) is 1. The molecule has 3 aromatic carbocycles. The lowest BCUT2D eigenvalue weighted by atomic mass is 10.0. The number of ether oxygens (including phenoxy) is 11. The number of amidine groups is 1. The fourth-order valence-corrected chi connectivity index (χ4v) is 9.01. The first kappa shape index (κ1) is 70.4. The van der Waals surface area contributed by atoms with E-state index in [0.29, 0.717) is 136 Å². The van der Waals surface area contributed by atoms with Gasteiger partial charge in [0.1, 0.15) is 5.84 Å². The van der Waals surface area contributed by atoms with Gasteiger partial charge in [-0.1, -0.05) is 50.8 Å². The maximum absolute atomic E-state index is 13.6. The molecule has 3 aromatic rings. The Morgan fingerprint density at radius 2 is 1.09 bits per heavy atom. The highest BCUT2D eigenvalue weighted by Crippen LogP contribution is 2.32. The number of benzene rings is 3. The Labute approximate surface area is 499 Å². The van der Waals surface area contributed by atoms with Gasteiger partial charge in [-0.25, -0.2) is 13.8 Å². The standard InChI is InChI=1S/C62H90F4N6O13/c1-5-16-72(17-6-2)47(3)52-41-50-11-12-51(42-56(50)69-57(67)43-52)62(74)68-53-13-18-71(19-14-53)46-49-9-7-48(8-10-49)45-70(4)20-22-76-24-26-78-28-30-80-32-34-82-36-38-84-40-39-83-37-35-81-33-31-79-29-27-77-25-23-75-21-15-58(73)85-61-59(65)54(63)44-55(64)60(61)66/h7-12,41-42,44,53H,3,5-6,13-40,43,45-46H2,1-2,4H3,(H2,67,69)(H,68,74). The number of hydrogen-bond donors (Lipinski definition) is 2. The van der Waals surface area contributed by atoms with Crippen molar-refractivity contribution in [2.24, 2.45) is 10.7 Å². The predicted octanol–water partition coefficient (Wildman–Crippen LogP) is 7.64. The van der Waals surface area contributed by atoms with Gasteiger partial charge in [0, 0.05) is 81.2 Å². The van der Waals surface area contributed by atoms with Crippen LogP contribution in [0.1, 0.15) is 79.4 Å². The van der Waals surface area contributed by atoms with Crippen molar-refractivity contribution in [2.75, 3.05) is 172 Å². The number of piperidine rings is 1. The molecule has 0 spiro atoms. The molecule has 2 aliphatic heterocycles. The number of nitrogens with one attached hydrogen (secondary N) is 1. The first-order valence-corrected chi connectivity index (χ1v) is 29.6. The third kappa shape index (κ3) is 27.9. The molecule has 0 unspecified atom stereocenters. The fraction of sp³-hybridized carbons (Fsp3) is 0.597. The zero-order chi connectivity index (χ0) is 60.9. The maximum atomic E-state index is 13.6. The van der Waals surface area contributed by atoms with Gasteiger partial charge in [-0.2, -0.15) is 8.78 Å². The third-order valence-corrected chi connectivity index (χ3v) is 13.5. The highest BCUT2D eigenvalue weighted by atomic mass is 19.2. The van der Waals surface area contributed by atoms with Crippen LogP contribution in [0.3, 0.4) is 0 Å². The summed E-state index contributed by atoms with van der Waals surface area (Å²) in [6.45, 7) is 22.6. The molecule has 2 aliphatic rings. The summed E-state index contributed by atoms with van der Waals surface area (Å²) in [5.74, 6) is -9.07. The van der Waals surface area contributed by atoms with Crippen LogP contribution in [0.4, 0.5) is 23.2 Å². The molecule has 0 radical (unpaired) electrons. The minimum atomic E-state index is -1.80. The number of nitrogens with zero attached hydrogens (tertiary/aromatic N) is 4. The molecule has 1 saturated heterocycles. The number of aliphatic imine (C=N–C) groups is 1. The van der Waals surface area contributed by atoms with E-state index in [1.165, 1.54) is 11.1 Å². The van der Waals surface area contributed by atoms with E-state index < -0.39 is 41.4 Å². The van der Waals surface area contributed by atoms with Crippen molar-refractivity contribution >= 4 is 29.5 Å². The van der Waals surface area contributed by atoms with Gasteiger partial charge >= 0.3 is 5.97 Å². The van der Waals surface area contributed by atoms with Crippen molar-refractivity contribution in [1.29, 1.82) is 0 Å². The van der Waals surface area contributed by atoms with Crippen molar-refractivity contribution in [3.63, 3.8) is 0 Å². The van der Waals surface area contributed by atoms with Gasteiger partial charge in [0.15, 0.2) is 11.6 Å². The molecule has 0 aromatic heterocycles. The Hall–Kier alpha value is -5.41. The Morgan fingerprint density at radius 1 is 0.635 bits per heavy atom. The number of carbonyl (C=O) groups is 2. The smallest absolute Gasteiger partial charge is 0.313 e. The van der Waals surface area contributed by atoms with E-state index in [9.17, 15) is 27.2 Å². The summed E-state index contributed by atoms with van der Waals surface area (Å²) < 4.78 is 113. The molecule has 5 rings (SSSR count). The maximum Gasteiger partial charge on any atom is 0.313 e. The molecule has 1 amide bonds. The molecule has 0 atom stereocenters. The van der Waals surface area contributed by atoms with Gasteiger partial charge in [0.25, 0.3) is 5.91 Å². The SMILES string of the molecule is C=C(C1=Cc2ccc(C(=O)NC3CCN(Cc4ccc(CN(C)CCOCCOCCOCCOCCOCCOCCOCCOCCOCCOCCC(=O)Oc5c(F)c(F)cc(F)c5F)cc4)CC3)cc2N=C(N)C1)N(CCC)CCC. The summed E-state index contributed by atoms with van der Waals surface area (Å²) in [6, 6.07) is 14.7. The normalized spacial score (nSPS) is 13.8. The van der Waals surface area contributed by atoms with E-state index in [2.05, 4.69) is 82.6 Å². The minimum absolute atomic E-state index is 0.0195. The second kappa shape index (κ2) is 41.6. The van der Waals surface area contributed by atoms with Crippen LogP contribution in [0.5, 0.6) is 5.75 Å². The number of allylic oxidation sites excluding steroid dienone is 1. The Balaban J connectivity index is 0.741. The predicted molar refractivity (Wildman–Crippen MR) is 315 cm³/mol. The number of rotatable bonds is 46. The monoisotopic (exact) mass is 1200 g/mol. The average molecular weight is 1200 g/mol. The number of amides is 1. The second-order valence-corrected chi connectivity index (χ2v) is 20.4. The summed E-state index contributed by atoms with van der Waals surface area (Å²) in [5, 5.41) is 3.27. The van der Waals surface area contributed by atoms with Crippen LogP contribution in [-0.2, 0) is 65.3 Å². The lowest BCUT2D eigenvalue weighted by Crippen LogP contribution is -2.44. The lowest BCUT2D eigenvalue weighted by molar-refractivity contribution is -0.136. The van der Waals surface area contributed by atoms with Crippen molar-refractivity contribution in [3.05, 3.63) is 112 Å². The largest absolute Gasteiger partial charge is 0.420 e. The Kier molecular flexibility index (Phi) is 34.5. The van der Waals surface area contributed by atoms with Crippen LogP contribution in [-0.4, -0.2) is 210 Å². The lowest BCUT2D eigenvalue weighted by Gasteiger charge is -2.32. The summed E-state index contributed by atoms with van der Waals surface area (Å²) in [7, 11) is 2.09. The van der Waals surface area contributed by atoms with Crippen LogP contribution in [0.2, 0.25) is 0 Å². The van der Waals surface area contributed by atoms with E-state index >= 15 is 0 Å². The molecule has 0 bridgehead atoms. The van der Waals surface area contributed by atoms with Crippen LogP contribution < -0.4 is 15.8 Å². The van der Waals surface area contributed by atoms with Crippen molar-refractivity contribution < 1.29 is 79.3 Å². The first-order chi connectivity index (χ1) is 41.3. The van der Waals surface area contributed by atoms with Crippen LogP contribution >= 0.6 is 0 Å². The quantitative estimate of drug-likeness (QED) is 0.0184. The van der Waals surface area contributed by atoms with E-state index in [0.717, 1.165) is 88.3 Å². The Morgan fingerprint density at radius 3 is 1.58 bits per heavy atom. The number of hydrogen-bond acceptors (Lipinski definition) is 18. The molecule has 474 valence electrons. The first-order valence-electron chi connectivity index (χ1n) is 29.6.